The molecule has 0 atom stereocenters. The molecule has 2 aromatic heterocycles. The molecule has 0 aromatic carbocycles. The average Bonchev–Trinajstić information content (AvgIpc) is 3.18. The molecule has 8 nitrogen and oxygen atoms in total. The lowest BCUT2D eigenvalue weighted by Gasteiger charge is -2.13. The van der Waals surface area contributed by atoms with Crippen molar-refractivity contribution in [3.8, 4) is 0 Å². The number of rotatable bonds is 6. The first kappa shape index (κ1) is 20.4. The highest BCUT2D eigenvalue weighted by Gasteiger charge is 2.19. The first-order valence-corrected chi connectivity index (χ1v) is 10.5. The largest absolute Gasteiger partial charge is 0.443 e. The minimum atomic E-state index is -3.66. The molecule has 0 fully saturated rings. The van der Waals surface area contributed by atoms with E-state index < -0.39 is 10.0 Å². The summed E-state index contributed by atoms with van der Waals surface area (Å²) in [5, 5.41) is 11.4. The number of aliphatic imine (C=N–C) groups is 1. The molecule has 2 aromatic rings. The second-order valence-corrected chi connectivity index (χ2v) is 9.64. The van der Waals surface area contributed by atoms with Crippen LogP contribution in [0.4, 0.5) is 0 Å². The number of nitrogens with one attached hydrogen (secondary N) is 2. The fourth-order valence-electron chi connectivity index (χ4n) is 2.00. The van der Waals surface area contributed by atoms with Gasteiger partial charge in [-0.2, -0.15) is 0 Å². The third-order valence-corrected chi connectivity index (χ3v) is 5.88. The quantitative estimate of drug-likeness (QED) is 0.504. The molecule has 0 aliphatic carbocycles. The average molecular weight is 400 g/mol. The second kappa shape index (κ2) is 8.19. The van der Waals surface area contributed by atoms with Crippen molar-refractivity contribution in [3.63, 3.8) is 0 Å². The maximum atomic E-state index is 11.3. The van der Waals surface area contributed by atoms with Gasteiger partial charge in [0.2, 0.25) is 15.9 Å². The van der Waals surface area contributed by atoms with Gasteiger partial charge in [-0.3, -0.25) is 0 Å². The molecule has 2 rings (SSSR count). The van der Waals surface area contributed by atoms with Gasteiger partial charge in [-0.1, -0.05) is 20.8 Å². The van der Waals surface area contributed by atoms with E-state index in [4.69, 9.17) is 9.56 Å². The van der Waals surface area contributed by atoms with Crippen molar-refractivity contribution >= 4 is 27.3 Å². The number of hydrogen-bond donors (Lipinski definition) is 3. The van der Waals surface area contributed by atoms with Gasteiger partial charge < -0.3 is 15.1 Å². The molecule has 0 amide bonds. The summed E-state index contributed by atoms with van der Waals surface area (Å²) in [7, 11) is -3.66. The van der Waals surface area contributed by atoms with Crippen LogP contribution in [-0.4, -0.2) is 25.9 Å². The van der Waals surface area contributed by atoms with Crippen molar-refractivity contribution in [2.75, 3.05) is 6.54 Å². The zero-order valence-electron chi connectivity index (χ0n) is 15.4. The number of primary sulfonamides is 1. The van der Waals surface area contributed by atoms with Crippen LogP contribution < -0.4 is 15.8 Å². The normalized spacial score (nSPS) is 13.0. The molecule has 0 bridgehead atoms. The van der Waals surface area contributed by atoms with Crippen molar-refractivity contribution in [2.24, 2.45) is 10.1 Å². The molecule has 0 radical (unpaired) electrons. The van der Waals surface area contributed by atoms with Crippen LogP contribution in [0.25, 0.3) is 0 Å². The Morgan fingerprint density at radius 3 is 2.62 bits per heavy atom. The van der Waals surface area contributed by atoms with E-state index >= 15 is 0 Å². The number of hydrogen-bond acceptors (Lipinski definition) is 6. The van der Waals surface area contributed by atoms with Crippen LogP contribution in [0.15, 0.2) is 31.9 Å². The van der Waals surface area contributed by atoms with Gasteiger partial charge in [0.15, 0.2) is 5.96 Å². The number of aromatic nitrogens is 1. The van der Waals surface area contributed by atoms with E-state index in [0.29, 0.717) is 31.5 Å². The van der Waals surface area contributed by atoms with E-state index in [0.717, 1.165) is 22.0 Å². The highest BCUT2D eigenvalue weighted by molar-refractivity contribution is 7.91. The van der Waals surface area contributed by atoms with E-state index in [-0.39, 0.29) is 9.62 Å². The number of nitrogens with zero attached hydrogens (tertiary/aromatic N) is 2. The molecule has 2 heterocycles. The summed E-state index contributed by atoms with van der Waals surface area (Å²) >= 11 is 1.13. The Morgan fingerprint density at radius 1 is 1.35 bits per heavy atom. The number of nitrogens with two attached hydrogens (primary N) is 1. The lowest BCUT2D eigenvalue weighted by Crippen LogP contribution is -2.36. The molecule has 0 saturated carbocycles. The fourth-order valence-corrected chi connectivity index (χ4v) is 3.71. The summed E-state index contributed by atoms with van der Waals surface area (Å²) in [5.41, 5.74) is -0.0993. The summed E-state index contributed by atoms with van der Waals surface area (Å²) in [5.74, 6) is 1.95. The zero-order valence-corrected chi connectivity index (χ0v) is 17.0. The second-order valence-electron chi connectivity index (χ2n) is 6.68. The zero-order chi connectivity index (χ0) is 19.4. The first-order chi connectivity index (χ1) is 12.1. The van der Waals surface area contributed by atoms with E-state index in [1.165, 1.54) is 6.07 Å². The molecular formula is C16H25N5O3S2. The predicted octanol–water partition coefficient (Wildman–Crippen LogP) is 1.94. The topological polar surface area (TPSA) is 123 Å². The van der Waals surface area contributed by atoms with Crippen LogP contribution in [0.1, 0.15) is 44.2 Å². The summed E-state index contributed by atoms with van der Waals surface area (Å²) in [6, 6.07) is 3.23. The molecule has 10 heteroatoms. The van der Waals surface area contributed by atoms with Crippen molar-refractivity contribution in [2.45, 2.75) is 50.4 Å². The minimum Gasteiger partial charge on any atom is -0.443 e. The Balaban J connectivity index is 2.00. The lowest BCUT2D eigenvalue weighted by atomic mass is 9.94. The lowest BCUT2D eigenvalue weighted by molar-refractivity contribution is 0.383. The van der Waals surface area contributed by atoms with Gasteiger partial charge in [-0.25, -0.2) is 23.5 Å². The van der Waals surface area contributed by atoms with Gasteiger partial charge in [0.05, 0.1) is 12.7 Å². The first-order valence-electron chi connectivity index (χ1n) is 8.18. The van der Waals surface area contributed by atoms with Crippen molar-refractivity contribution < 1.29 is 12.8 Å². The molecule has 4 N–H and O–H groups in total. The van der Waals surface area contributed by atoms with Gasteiger partial charge in [0.25, 0.3) is 0 Å². The van der Waals surface area contributed by atoms with Gasteiger partial charge in [-0.05, 0) is 19.1 Å². The van der Waals surface area contributed by atoms with Crippen LogP contribution in [0.2, 0.25) is 0 Å². The van der Waals surface area contributed by atoms with Crippen LogP contribution in [0.3, 0.4) is 0 Å². The molecule has 0 spiro atoms. The third kappa shape index (κ3) is 5.82. The number of sulfonamides is 1. The monoisotopic (exact) mass is 399 g/mol. The minimum absolute atomic E-state index is 0.0993. The molecule has 0 aliphatic heterocycles. The molecule has 26 heavy (non-hydrogen) atoms. The van der Waals surface area contributed by atoms with E-state index in [1.807, 2.05) is 6.92 Å². The van der Waals surface area contributed by atoms with E-state index in [9.17, 15) is 8.42 Å². The van der Waals surface area contributed by atoms with E-state index in [1.54, 1.807) is 12.3 Å². The summed E-state index contributed by atoms with van der Waals surface area (Å²) in [4.78, 5) is 9.54. The third-order valence-electron chi connectivity index (χ3n) is 3.36. The SMILES string of the molecule is CCNC(=NCc1ncc(C(C)(C)C)o1)NCc1ccc(S(N)(=O)=O)s1. The van der Waals surface area contributed by atoms with Crippen LogP contribution in [-0.2, 0) is 28.5 Å². The molecule has 144 valence electrons. The van der Waals surface area contributed by atoms with Gasteiger partial charge in [0, 0.05) is 16.8 Å². The Hall–Kier alpha value is -1.91. The maximum Gasteiger partial charge on any atom is 0.247 e. The number of thiophene rings is 1. The summed E-state index contributed by atoms with van der Waals surface area (Å²) in [6.07, 6.45) is 1.73. The molecular weight excluding hydrogens is 374 g/mol. The Bertz CT molecular complexity index is 863. The molecule has 0 unspecified atom stereocenters. The Morgan fingerprint density at radius 2 is 2.08 bits per heavy atom. The number of guanidine groups is 1. The van der Waals surface area contributed by atoms with Gasteiger partial charge in [-0.15, -0.1) is 11.3 Å². The molecule has 0 aliphatic rings. The Kier molecular flexibility index (Phi) is 6.43. The van der Waals surface area contributed by atoms with Gasteiger partial charge >= 0.3 is 0 Å². The standard InChI is InChI=1S/C16H25N5O3S2/c1-5-18-15(20-8-11-6-7-14(25-11)26(17,22)23)21-10-13-19-9-12(24-13)16(2,3)4/h6-7,9H,5,8,10H2,1-4H3,(H2,17,22,23)(H2,18,20,21). The van der Waals surface area contributed by atoms with Crippen LogP contribution >= 0.6 is 11.3 Å². The summed E-state index contributed by atoms with van der Waals surface area (Å²) < 4.78 is 28.5. The number of oxazole rings is 1. The molecule has 0 saturated heterocycles. The van der Waals surface area contributed by atoms with Crippen molar-refractivity contribution in [1.82, 2.24) is 15.6 Å². The maximum absolute atomic E-state index is 11.3. The summed E-state index contributed by atoms with van der Waals surface area (Å²) in [6.45, 7) is 9.57. The van der Waals surface area contributed by atoms with Crippen LogP contribution in [0.5, 0.6) is 0 Å². The van der Waals surface area contributed by atoms with Crippen molar-refractivity contribution in [3.05, 3.63) is 34.9 Å². The van der Waals surface area contributed by atoms with Crippen molar-refractivity contribution in [1.29, 1.82) is 0 Å². The van der Waals surface area contributed by atoms with Crippen LogP contribution in [0, 0.1) is 0 Å². The fraction of sp³-hybridized carbons (Fsp3) is 0.500. The highest BCUT2D eigenvalue weighted by atomic mass is 32.2. The predicted molar refractivity (Wildman–Crippen MR) is 103 cm³/mol. The Labute approximate surface area is 158 Å². The van der Waals surface area contributed by atoms with E-state index in [2.05, 4.69) is 41.4 Å². The highest BCUT2D eigenvalue weighted by Crippen LogP contribution is 2.23. The van der Waals surface area contributed by atoms with Gasteiger partial charge in [0.1, 0.15) is 16.5 Å². The smallest absolute Gasteiger partial charge is 0.247 e.